The zero-order valence-electron chi connectivity index (χ0n) is 30.3. The summed E-state index contributed by atoms with van der Waals surface area (Å²) in [5.41, 5.74) is 2.91. The van der Waals surface area contributed by atoms with Crippen LogP contribution in [0, 0.1) is 27.7 Å². The summed E-state index contributed by atoms with van der Waals surface area (Å²) in [5.74, 6) is 3.46. The van der Waals surface area contributed by atoms with Gasteiger partial charge in [0.05, 0.1) is 0 Å². The molecule has 5 aromatic rings. The summed E-state index contributed by atoms with van der Waals surface area (Å²) in [4.78, 5) is 0. The first-order valence-electron chi connectivity index (χ1n) is 17.1. The Labute approximate surface area is 312 Å². The molecule has 0 aliphatic heterocycles. The number of aryl methyl sites for hydroxylation is 2. The molecule has 0 bridgehead atoms. The van der Waals surface area contributed by atoms with Crippen molar-refractivity contribution < 1.29 is 31.1 Å². The average molecular weight is 731 g/mol. The van der Waals surface area contributed by atoms with Crippen molar-refractivity contribution in [3.8, 4) is 28.7 Å². The fourth-order valence-electron chi connectivity index (χ4n) is 6.04. The molecule has 0 radical (unpaired) electrons. The third-order valence-corrected chi connectivity index (χ3v) is 11.7. The first kappa shape index (κ1) is 40.5. The number of allylic oxidation sites excluding steroid dienone is 2. The van der Waals surface area contributed by atoms with Gasteiger partial charge in [-0.2, -0.15) is 12.8 Å². The number of phenolic OH excluding ortho intramolecular Hbond substituents is 1. The van der Waals surface area contributed by atoms with Gasteiger partial charge in [-0.3, -0.25) is 0 Å². The Morgan fingerprint density at radius 1 is 0.620 bits per heavy atom. The van der Waals surface area contributed by atoms with Gasteiger partial charge in [0.15, 0.2) is 17.2 Å². The van der Waals surface area contributed by atoms with E-state index < -0.39 is 7.92 Å². The molecule has 0 spiro atoms. The van der Waals surface area contributed by atoms with Crippen molar-refractivity contribution in [3.63, 3.8) is 0 Å². The third-order valence-electron chi connectivity index (χ3n) is 8.51. The summed E-state index contributed by atoms with van der Waals surface area (Å²) in [6.07, 6.45) is 13.5. The van der Waals surface area contributed by atoms with Crippen molar-refractivity contribution in [2.24, 2.45) is 0 Å². The third kappa shape index (κ3) is 10.5. The van der Waals surface area contributed by atoms with Crippen molar-refractivity contribution in [1.82, 2.24) is 0 Å². The molecular weight excluding hydrogens is 678 g/mol. The van der Waals surface area contributed by atoms with Gasteiger partial charge in [0.25, 0.3) is 0 Å². The van der Waals surface area contributed by atoms with Crippen LogP contribution in [-0.2, 0) is 21.9 Å². The summed E-state index contributed by atoms with van der Waals surface area (Å²) in [6.45, 7) is 10.6. The molecule has 0 atom stereocenters. The van der Waals surface area contributed by atoms with Crippen LogP contribution in [0.1, 0.15) is 69.6 Å². The van der Waals surface area contributed by atoms with Crippen LogP contribution in [0.25, 0.3) is 0 Å². The maximum absolute atomic E-state index is 11.9. The first-order valence-corrected chi connectivity index (χ1v) is 18.6. The van der Waals surface area contributed by atoms with E-state index in [2.05, 4.69) is 77.5 Å². The fraction of sp³-hybridized carbons (Fsp3) is 0.244. The Morgan fingerprint density at radius 2 is 1.12 bits per heavy atom. The Morgan fingerprint density at radius 3 is 1.64 bits per heavy atom. The minimum atomic E-state index is -1.85. The second-order valence-corrected chi connectivity index (χ2v) is 15.6. The number of aromatic hydroxyl groups is 1. The molecule has 0 saturated heterocycles. The Hall–Kier alpha value is -3.97. The SMILES string of the molecule is C1=C\CCC[CH-]CC/1.Cc1cccc(Oc2ccccc2)c1[PH+](c1cccc(C(C)(C)C)c1O)c1c(C)cccc1Oc1ccccc1.[CH3+].[Ni]. The molecule has 0 unspecified atom stereocenters. The van der Waals surface area contributed by atoms with Gasteiger partial charge < -0.3 is 21.0 Å². The van der Waals surface area contributed by atoms with E-state index in [1.165, 1.54) is 32.1 Å². The molecule has 6 rings (SSSR count). The molecular formula is C45H52NiO3P+. The van der Waals surface area contributed by atoms with E-state index in [0.29, 0.717) is 5.75 Å². The van der Waals surface area contributed by atoms with Crippen LogP contribution in [0.15, 0.2) is 127 Å². The molecule has 1 aliphatic carbocycles. The molecule has 50 heavy (non-hydrogen) atoms. The molecule has 0 saturated carbocycles. The van der Waals surface area contributed by atoms with Gasteiger partial charge >= 0.3 is 0 Å². The number of phenols is 1. The zero-order valence-corrected chi connectivity index (χ0v) is 32.3. The Bertz CT molecular complexity index is 1690. The monoisotopic (exact) mass is 729 g/mol. The quantitative estimate of drug-likeness (QED) is 0.0784. The largest absolute Gasteiger partial charge is 0.504 e. The van der Waals surface area contributed by atoms with Crippen molar-refractivity contribution in [2.45, 2.75) is 72.1 Å². The summed E-state index contributed by atoms with van der Waals surface area (Å²) >= 11 is 0. The van der Waals surface area contributed by atoms with Crippen LogP contribution < -0.4 is 25.4 Å². The van der Waals surface area contributed by atoms with Crippen LogP contribution in [-0.4, -0.2) is 5.11 Å². The predicted molar refractivity (Wildman–Crippen MR) is 212 cm³/mol. The molecule has 1 N–H and O–H groups in total. The van der Waals surface area contributed by atoms with Crippen LogP contribution in [0.2, 0.25) is 0 Å². The minimum Gasteiger partial charge on any atom is -0.504 e. The van der Waals surface area contributed by atoms with E-state index in [1.807, 2.05) is 91.0 Å². The van der Waals surface area contributed by atoms with E-state index in [0.717, 1.165) is 55.6 Å². The average Bonchev–Trinajstić information content (AvgIpc) is 3.04. The van der Waals surface area contributed by atoms with Crippen molar-refractivity contribution in [3.05, 3.63) is 158 Å². The van der Waals surface area contributed by atoms with Crippen molar-refractivity contribution in [2.75, 3.05) is 0 Å². The maximum atomic E-state index is 11.9. The molecule has 5 aromatic carbocycles. The van der Waals surface area contributed by atoms with E-state index in [-0.39, 0.29) is 29.3 Å². The first-order chi connectivity index (χ1) is 23.2. The molecule has 1 aliphatic rings. The summed E-state index contributed by atoms with van der Waals surface area (Å²) in [5, 5.41) is 15.0. The van der Waals surface area contributed by atoms with Gasteiger partial charge in [-0.15, -0.1) is 0 Å². The van der Waals surface area contributed by atoms with Crippen LogP contribution in [0.3, 0.4) is 0 Å². The van der Waals surface area contributed by atoms with Crippen molar-refractivity contribution in [1.29, 1.82) is 0 Å². The molecule has 264 valence electrons. The summed E-state index contributed by atoms with van der Waals surface area (Å²) in [7, 11) is -1.85. The molecule has 3 nitrogen and oxygen atoms in total. The second-order valence-electron chi connectivity index (χ2n) is 13.3. The topological polar surface area (TPSA) is 38.7 Å². The number of hydrogen-bond acceptors (Lipinski definition) is 3. The summed E-state index contributed by atoms with van der Waals surface area (Å²) in [6, 6.07) is 38.2. The van der Waals surface area contributed by atoms with Gasteiger partial charge in [0.2, 0.25) is 0 Å². The molecule has 0 fully saturated rings. The van der Waals surface area contributed by atoms with Crippen LogP contribution >= 0.6 is 7.92 Å². The standard InChI is InChI=1S/C36H35O3P.C8H13.CH3.Ni/c1-25-15-12-22-30(38-27-17-8-6-9-18-27)34(25)40(32-24-14-21-29(33(32)37)36(3,4)5)35-26(2)16-13-23-31(35)39-28-19-10-7-11-20-28;1-2-4-6-8-7-5-3-1;;/h6-24,37H,1-5H3;1-2,7H,3-6,8H2;1H3;/q;-1;+1;/p+1/b;2-1-;;. The Kier molecular flexibility index (Phi) is 15.7. The van der Waals surface area contributed by atoms with Gasteiger partial charge in [0, 0.05) is 29.5 Å². The van der Waals surface area contributed by atoms with E-state index >= 15 is 0 Å². The number of ether oxygens (including phenoxy) is 2. The molecule has 5 heteroatoms. The smallest absolute Gasteiger partial charge is 0.170 e. The normalized spacial score (nSPS) is 13.3. The molecule has 0 aromatic heterocycles. The minimum absolute atomic E-state index is 0. The van der Waals surface area contributed by atoms with Crippen molar-refractivity contribution >= 4 is 23.8 Å². The zero-order chi connectivity index (χ0) is 33.9. The molecule has 0 amide bonds. The number of rotatable bonds is 7. The van der Waals surface area contributed by atoms with Crippen LogP contribution in [0.4, 0.5) is 0 Å². The fourth-order valence-corrected chi connectivity index (χ4v) is 9.18. The predicted octanol–water partition coefficient (Wildman–Crippen LogP) is 11.5. The molecule has 0 heterocycles. The van der Waals surface area contributed by atoms with Gasteiger partial charge in [-0.25, -0.2) is 0 Å². The van der Waals surface area contributed by atoms with E-state index in [4.69, 9.17) is 9.47 Å². The van der Waals surface area contributed by atoms with Crippen LogP contribution in [0.5, 0.6) is 28.7 Å². The van der Waals surface area contributed by atoms with Gasteiger partial charge in [0.1, 0.15) is 35.3 Å². The number of hydrogen-bond donors (Lipinski definition) is 1. The van der Waals surface area contributed by atoms with E-state index in [1.54, 1.807) is 0 Å². The summed E-state index contributed by atoms with van der Waals surface area (Å²) < 4.78 is 13.1. The second kappa shape index (κ2) is 19.4. The van der Waals surface area contributed by atoms with Gasteiger partial charge in [-0.05, 0) is 79.3 Å². The Balaban J connectivity index is 0.000000597. The number of para-hydroxylation sites is 3. The van der Waals surface area contributed by atoms with Gasteiger partial charge in [-0.1, -0.05) is 119 Å². The maximum Gasteiger partial charge on any atom is 0.170 e. The number of benzene rings is 5. The van der Waals surface area contributed by atoms with E-state index in [9.17, 15) is 5.11 Å².